The predicted octanol–water partition coefficient (Wildman–Crippen LogP) is 4.55. The molecule has 0 atom stereocenters. The molecule has 1 heterocycles. The van der Waals surface area contributed by atoms with E-state index in [-0.39, 0.29) is 23.2 Å². The summed E-state index contributed by atoms with van der Waals surface area (Å²) in [7, 11) is 0. The first-order chi connectivity index (χ1) is 11.6. The van der Waals surface area contributed by atoms with Crippen molar-refractivity contribution in [3.63, 3.8) is 0 Å². The second kappa shape index (κ2) is 7.16. The fraction of sp³-hybridized carbons (Fsp3) is 0.526. The Morgan fingerprint density at radius 1 is 1.16 bits per heavy atom. The van der Waals surface area contributed by atoms with Crippen LogP contribution in [0.4, 0.5) is 0 Å². The lowest BCUT2D eigenvalue weighted by atomic mass is 9.86. The molecule has 1 aromatic carbocycles. The van der Waals surface area contributed by atoms with Gasteiger partial charge < -0.3 is 4.74 Å². The summed E-state index contributed by atoms with van der Waals surface area (Å²) in [5.74, 6) is 0.445. The van der Waals surface area contributed by atoms with Crippen LogP contribution in [0.25, 0.3) is 11.4 Å². The molecule has 0 spiro atoms. The van der Waals surface area contributed by atoms with E-state index in [9.17, 15) is 4.79 Å². The van der Waals surface area contributed by atoms with Crippen LogP contribution in [0.3, 0.4) is 0 Å². The molecule has 0 saturated carbocycles. The number of benzene rings is 1. The largest absolute Gasteiger partial charge is 0.463 e. The zero-order chi connectivity index (χ0) is 18.8. The lowest BCUT2D eigenvalue weighted by Crippen LogP contribution is -2.32. The summed E-state index contributed by atoms with van der Waals surface area (Å²) in [6.07, 6.45) is 0. The normalized spacial score (nSPS) is 12.3. The molecule has 0 amide bonds. The second-order valence-corrected chi connectivity index (χ2v) is 7.98. The van der Waals surface area contributed by atoms with E-state index in [1.54, 1.807) is 13.8 Å². The molecule has 0 unspecified atom stereocenters. The zero-order valence-electron chi connectivity index (χ0n) is 15.8. The van der Waals surface area contributed by atoms with Crippen molar-refractivity contribution < 1.29 is 9.53 Å². The Morgan fingerprint density at radius 3 is 2.24 bits per heavy atom. The van der Waals surface area contributed by atoms with E-state index in [1.807, 2.05) is 31.2 Å². The molecule has 0 aliphatic carbocycles. The van der Waals surface area contributed by atoms with Gasteiger partial charge in [0.1, 0.15) is 0 Å². The van der Waals surface area contributed by atoms with Crippen molar-refractivity contribution in [1.29, 1.82) is 0 Å². The Kier molecular flexibility index (Phi) is 5.57. The molecule has 2 rings (SSSR count). The van der Waals surface area contributed by atoms with Crippen molar-refractivity contribution in [2.24, 2.45) is 5.41 Å². The van der Waals surface area contributed by atoms with Crippen molar-refractivity contribution in [3.05, 3.63) is 29.8 Å². The Bertz CT molecular complexity index is 743. The van der Waals surface area contributed by atoms with E-state index in [2.05, 4.69) is 30.9 Å². The van der Waals surface area contributed by atoms with Crippen LogP contribution in [0.5, 0.6) is 6.01 Å². The van der Waals surface area contributed by atoms with Crippen LogP contribution in [0.1, 0.15) is 51.9 Å². The van der Waals surface area contributed by atoms with Gasteiger partial charge in [0.25, 0.3) is 5.91 Å². The van der Waals surface area contributed by atoms with Gasteiger partial charge in [-0.05, 0) is 31.7 Å². The van der Waals surface area contributed by atoms with E-state index in [0.717, 1.165) is 5.56 Å². The molecule has 25 heavy (non-hydrogen) atoms. The number of rotatable bonds is 5. The monoisotopic (exact) mass is 363 g/mol. The molecule has 5 nitrogen and oxygen atoms in total. The minimum absolute atomic E-state index is 0.0547. The highest BCUT2D eigenvalue weighted by molar-refractivity contribution is 6.20. The van der Waals surface area contributed by atoms with Gasteiger partial charge in [-0.1, -0.05) is 45.0 Å². The van der Waals surface area contributed by atoms with Gasteiger partial charge in [0.05, 0.1) is 12.0 Å². The highest BCUT2D eigenvalue weighted by atomic mass is 35.5. The van der Waals surface area contributed by atoms with Gasteiger partial charge in [-0.2, -0.15) is 9.67 Å². The summed E-state index contributed by atoms with van der Waals surface area (Å²) >= 11 is 5.96. The second-order valence-electron chi connectivity index (χ2n) is 7.71. The van der Waals surface area contributed by atoms with E-state index < -0.39 is 5.41 Å². The summed E-state index contributed by atoms with van der Waals surface area (Å²) < 4.78 is 6.70. The Hall–Kier alpha value is -1.88. The maximum atomic E-state index is 12.9. The molecule has 0 fully saturated rings. The van der Waals surface area contributed by atoms with Crippen LogP contribution in [-0.2, 0) is 5.41 Å². The van der Waals surface area contributed by atoms with Gasteiger partial charge >= 0.3 is 6.01 Å². The first kappa shape index (κ1) is 19.4. The van der Waals surface area contributed by atoms with Crippen molar-refractivity contribution in [2.45, 2.75) is 47.0 Å². The lowest BCUT2D eigenvalue weighted by Gasteiger charge is -2.20. The molecule has 1 aromatic heterocycles. The number of hydrogen-bond donors (Lipinski definition) is 0. The van der Waals surface area contributed by atoms with Gasteiger partial charge in [-0.25, -0.2) is 0 Å². The summed E-state index contributed by atoms with van der Waals surface area (Å²) in [6.45, 7) is 12.3. The van der Waals surface area contributed by atoms with E-state index in [0.29, 0.717) is 12.4 Å². The van der Waals surface area contributed by atoms with Gasteiger partial charge in [-0.3, -0.25) is 4.79 Å². The lowest BCUT2D eigenvalue weighted by molar-refractivity contribution is 0.0753. The van der Waals surface area contributed by atoms with Crippen molar-refractivity contribution >= 4 is 17.5 Å². The van der Waals surface area contributed by atoms with Gasteiger partial charge in [0, 0.05) is 11.4 Å². The third-order valence-corrected chi connectivity index (χ3v) is 4.64. The molecule has 0 aliphatic rings. The maximum Gasteiger partial charge on any atom is 0.336 e. The standard InChI is InChI=1S/C19H26ClN3O2/c1-7-25-17-21-15(23(22-17)16(24)19(5,6)12-20)13-8-10-14(11-9-13)18(2,3)4/h8-11H,7,12H2,1-6H3. The quantitative estimate of drug-likeness (QED) is 0.731. The van der Waals surface area contributed by atoms with Crippen molar-refractivity contribution in [1.82, 2.24) is 14.8 Å². The number of halogens is 1. The predicted molar refractivity (Wildman–Crippen MR) is 100 cm³/mol. The average molecular weight is 364 g/mol. The third-order valence-electron chi connectivity index (χ3n) is 3.98. The third kappa shape index (κ3) is 4.21. The number of carbonyl (C=O) groups excluding carboxylic acids is 1. The minimum atomic E-state index is -0.751. The van der Waals surface area contributed by atoms with Gasteiger partial charge in [0.2, 0.25) is 0 Å². The molecule has 0 aliphatic heterocycles. The molecule has 0 radical (unpaired) electrons. The van der Waals surface area contributed by atoms with Gasteiger partial charge in [0.15, 0.2) is 5.82 Å². The summed E-state index contributed by atoms with van der Waals surface area (Å²) in [5.41, 5.74) is 1.32. The molecule has 2 aromatic rings. The Labute approximate surface area is 154 Å². The van der Waals surface area contributed by atoms with Crippen molar-refractivity contribution in [2.75, 3.05) is 12.5 Å². The highest BCUT2D eigenvalue weighted by Gasteiger charge is 2.32. The highest BCUT2D eigenvalue weighted by Crippen LogP contribution is 2.28. The summed E-state index contributed by atoms with van der Waals surface area (Å²) in [5, 5.41) is 4.24. The van der Waals surface area contributed by atoms with E-state index in [1.165, 1.54) is 10.2 Å². The van der Waals surface area contributed by atoms with E-state index >= 15 is 0 Å². The van der Waals surface area contributed by atoms with Crippen LogP contribution < -0.4 is 4.74 Å². The molecule has 0 saturated heterocycles. The number of carbonyl (C=O) groups is 1. The number of ether oxygens (including phenoxy) is 1. The molecule has 0 bridgehead atoms. The molecule has 6 heteroatoms. The summed E-state index contributed by atoms with van der Waals surface area (Å²) in [6, 6.07) is 8.20. The molecular weight excluding hydrogens is 338 g/mol. The number of aromatic nitrogens is 3. The molecule has 136 valence electrons. The van der Waals surface area contributed by atoms with Crippen LogP contribution in [0.2, 0.25) is 0 Å². The Balaban J connectivity index is 2.51. The summed E-state index contributed by atoms with van der Waals surface area (Å²) in [4.78, 5) is 17.3. The number of hydrogen-bond acceptors (Lipinski definition) is 4. The van der Waals surface area contributed by atoms with Crippen LogP contribution in [0.15, 0.2) is 24.3 Å². The first-order valence-corrected chi connectivity index (χ1v) is 8.95. The fourth-order valence-corrected chi connectivity index (χ4v) is 2.39. The minimum Gasteiger partial charge on any atom is -0.463 e. The van der Waals surface area contributed by atoms with Crippen LogP contribution in [-0.4, -0.2) is 33.2 Å². The van der Waals surface area contributed by atoms with Crippen LogP contribution >= 0.6 is 11.6 Å². The number of alkyl halides is 1. The zero-order valence-corrected chi connectivity index (χ0v) is 16.5. The molecular formula is C19H26ClN3O2. The van der Waals surface area contributed by atoms with Gasteiger partial charge in [-0.15, -0.1) is 16.7 Å². The van der Waals surface area contributed by atoms with E-state index in [4.69, 9.17) is 16.3 Å². The molecule has 0 N–H and O–H groups in total. The van der Waals surface area contributed by atoms with Crippen LogP contribution in [0, 0.1) is 5.41 Å². The first-order valence-electron chi connectivity index (χ1n) is 8.41. The Morgan fingerprint density at radius 2 is 1.76 bits per heavy atom. The smallest absolute Gasteiger partial charge is 0.336 e. The maximum absolute atomic E-state index is 12.9. The number of nitrogens with zero attached hydrogens (tertiary/aromatic N) is 3. The SMILES string of the molecule is CCOc1nc(-c2ccc(C(C)(C)C)cc2)n(C(=O)C(C)(C)CCl)n1. The average Bonchev–Trinajstić information content (AvgIpc) is 2.97. The van der Waals surface area contributed by atoms with Crippen molar-refractivity contribution in [3.8, 4) is 17.4 Å². The fourth-order valence-electron chi connectivity index (χ4n) is 2.28. The topological polar surface area (TPSA) is 57.0 Å².